The summed E-state index contributed by atoms with van der Waals surface area (Å²) in [5, 5.41) is 0. The van der Waals surface area contributed by atoms with Gasteiger partial charge < -0.3 is 14.4 Å². The van der Waals surface area contributed by atoms with E-state index in [1.54, 1.807) is 17.0 Å². The molecule has 0 radical (unpaired) electrons. The van der Waals surface area contributed by atoms with Crippen molar-refractivity contribution in [3.63, 3.8) is 0 Å². The molecule has 1 saturated heterocycles. The number of ether oxygens (including phenoxy) is 2. The van der Waals surface area contributed by atoms with Crippen LogP contribution in [0.1, 0.15) is 34.7 Å². The molecule has 1 amide bonds. The lowest BCUT2D eigenvalue weighted by Crippen LogP contribution is -2.53. The highest BCUT2D eigenvalue weighted by Crippen LogP contribution is 2.37. The van der Waals surface area contributed by atoms with Gasteiger partial charge in [0.25, 0.3) is 16.0 Å². The Hall–Kier alpha value is -3.11. The van der Waals surface area contributed by atoms with Gasteiger partial charge in [0.15, 0.2) is 0 Å². The standard InChI is InChI=1S/C29H30FNO6S/c1-38(33,34)37-25-17-26(36-19-27(25)35-18-20-7-3-2-4-8-20)29(32)31-16-15-21-9-5-6-10-24(21)28(31)22-11-13-23(30)14-12-22/h2-14,25-28H,15-19H2,1H3/t25-,26+,27-,28-/m0/s1. The van der Waals surface area contributed by atoms with Crippen molar-refractivity contribution in [2.24, 2.45) is 0 Å². The van der Waals surface area contributed by atoms with Crippen molar-refractivity contribution in [1.82, 2.24) is 4.90 Å². The summed E-state index contributed by atoms with van der Waals surface area (Å²) in [6, 6.07) is 23.1. The van der Waals surface area contributed by atoms with Crippen molar-refractivity contribution in [2.45, 2.75) is 43.8 Å². The number of amides is 1. The van der Waals surface area contributed by atoms with Crippen LogP contribution in [0.15, 0.2) is 78.9 Å². The monoisotopic (exact) mass is 539 g/mol. The molecule has 0 spiro atoms. The molecule has 4 atom stereocenters. The van der Waals surface area contributed by atoms with E-state index in [0.29, 0.717) is 13.0 Å². The second-order valence-corrected chi connectivity index (χ2v) is 11.3. The molecule has 2 heterocycles. The molecular formula is C29H30FNO6S. The minimum absolute atomic E-state index is 0.00900. The average molecular weight is 540 g/mol. The number of rotatable bonds is 7. The Morgan fingerprint density at radius 2 is 1.71 bits per heavy atom. The second-order valence-electron chi connectivity index (χ2n) is 9.67. The van der Waals surface area contributed by atoms with E-state index in [1.165, 1.54) is 12.1 Å². The van der Waals surface area contributed by atoms with Crippen LogP contribution in [0.3, 0.4) is 0 Å². The largest absolute Gasteiger partial charge is 0.368 e. The number of fused-ring (bicyclic) bond motifs is 1. The first-order valence-electron chi connectivity index (χ1n) is 12.6. The molecule has 0 aromatic heterocycles. The lowest BCUT2D eigenvalue weighted by atomic mass is 9.87. The Labute approximate surface area is 222 Å². The van der Waals surface area contributed by atoms with Crippen molar-refractivity contribution in [2.75, 3.05) is 19.4 Å². The summed E-state index contributed by atoms with van der Waals surface area (Å²) in [6.45, 7) is 0.713. The van der Waals surface area contributed by atoms with Gasteiger partial charge in [-0.1, -0.05) is 66.7 Å². The lowest BCUT2D eigenvalue weighted by Gasteiger charge is -2.41. The van der Waals surface area contributed by atoms with E-state index in [4.69, 9.17) is 13.7 Å². The highest BCUT2D eigenvalue weighted by atomic mass is 32.2. The molecule has 0 N–H and O–H groups in total. The minimum Gasteiger partial charge on any atom is -0.368 e. The van der Waals surface area contributed by atoms with Crippen molar-refractivity contribution >= 4 is 16.0 Å². The summed E-state index contributed by atoms with van der Waals surface area (Å²) in [5.41, 5.74) is 3.82. The first kappa shape index (κ1) is 26.5. The number of carbonyl (C=O) groups is 1. The SMILES string of the molecule is CS(=O)(=O)O[C@H]1C[C@H](C(=O)N2CCc3ccccc3[C@@H]2c2ccc(F)cc2)OC[C@@H]1OCc1ccccc1. The maximum absolute atomic E-state index is 13.9. The van der Waals surface area contributed by atoms with Crippen LogP contribution in [0.2, 0.25) is 0 Å². The highest BCUT2D eigenvalue weighted by Gasteiger charge is 2.42. The third kappa shape index (κ3) is 6.13. The summed E-state index contributed by atoms with van der Waals surface area (Å²) in [4.78, 5) is 15.6. The summed E-state index contributed by atoms with van der Waals surface area (Å²) in [7, 11) is -3.81. The van der Waals surface area contributed by atoms with Gasteiger partial charge in [-0.15, -0.1) is 0 Å². The lowest BCUT2D eigenvalue weighted by molar-refractivity contribution is -0.170. The number of hydrogen-bond acceptors (Lipinski definition) is 6. The minimum atomic E-state index is -3.81. The molecule has 3 aromatic carbocycles. The van der Waals surface area contributed by atoms with E-state index in [2.05, 4.69) is 0 Å². The fourth-order valence-electron chi connectivity index (χ4n) is 5.17. The number of nitrogens with zero attached hydrogens (tertiary/aromatic N) is 1. The normalized spacial score (nSPS) is 23.6. The van der Waals surface area contributed by atoms with Gasteiger partial charge in [0, 0.05) is 13.0 Å². The molecule has 200 valence electrons. The number of carbonyl (C=O) groups excluding carboxylic acids is 1. The van der Waals surface area contributed by atoms with Crippen LogP contribution < -0.4 is 0 Å². The van der Waals surface area contributed by atoms with Crippen molar-refractivity contribution in [3.05, 3.63) is 107 Å². The van der Waals surface area contributed by atoms with Gasteiger partial charge >= 0.3 is 0 Å². The number of benzene rings is 3. The maximum Gasteiger partial charge on any atom is 0.264 e. The van der Waals surface area contributed by atoms with Crippen molar-refractivity contribution in [3.8, 4) is 0 Å². The van der Waals surface area contributed by atoms with Crippen LogP contribution >= 0.6 is 0 Å². The molecular weight excluding hydrogens is 509 g/mol. The van der Waals surface area contributed by atoms with Crippen molar-refractivity contribution in [1.29, 1.82) is 0 Å². The van der Waals surface area contributed by atoms with Crippen LogP contribution in [0, 0.1) is 5.82 Å². The fraction of sp³-hybridized carbons (Fsp3) is 0.345. The molecule has 0 saturated carbocycles. The fourth-order valence-corrected chi connectivity index (χ4v) is 5.82. The first-order valence-corrected chi connectivity index (χ1v) is 14.4. The summed E-state index contributed by atoms with van der Waals surface area (Å²) in [6.07, 6.45) is -0.772. The van der Waals surface area contributed by atoms with Gasteiger partial charge in [-0.25, -0.2) is 4.39 Å². The smallest absolute Gasteiger partial charge is 0.264 e. The third-order valence-corrected chi connectivity index (χ3v) is 7.55. The van der Waals surface area contributed by atoms with E-state index >= 15 is 0 Å². The molecule has 0 bridgehead atoms. The Morgan fingerprint density at radius 1 is 1.00 bits per heavy atom. The molecule has 2 aliphatic heterocycles. The van der Waals surface area contributed by atoms with E-state index < -0.39 is 34.5 Å². The molecule has 38 heavy (non-hydrogen) atoms. The Bertz CT molecular complexity index is 1370. The molecule has 1 fully saturated rings. The zero-order valence-electron chi connectivity index (χ0n) is 21.0. The molecule has 5 rings (SSSR count). The average Bonchev–Trinajstić information content (AvgIpc) is 2.91. The number of hydrogen-bond donors (Lipinski definition) is 0. The van der Waals surface area contributed by atoms with Crippen LogP contribution in [0.5, 0.6) is 0 Å². The molecule has 0 unspecified atom stereocenters. The zero-order chi connectivity index (χ0) is 26.7. The van der Waals surface area contributed by atoms with E-state index in [9.17, 15) is 17.6 Å². The Balaban J connectivity index is 1.37. The van der Waals surface area contributed by atoms with Gasteiger partial charge in [0.2, 0.25) is 0 Å². The molecule has 0 aliphatic carbocycles. The van der Waals surface area contributed by atoms with Gasteiger partial charge in [-0.2, -0.15) is 8.42 Å². The van der Waals surface area contributed by atoms with Gasteiger partial charge in [-0.05, 0) is 40.8 Å². The van der Waals surface area contributed by atoms with E-state index in [0.717, 1.165) is 28.5 Å². The van der Waals surface area contributed by atoms with E-state index in [1.807, 2.05) is 54.6 Å². The molecule has 2 aliphatic rings. The maximum atomic E-state index is 13.9. The highest BCUT2D eigenvalue weighted by molar-refractivity contribution is 7.86. The van der Waals surface area contributed by atoms with Gasteiger partial charge in [-0.3, -0.25) is 8.98 Å². The second kappa shape index (κ2) is 11.3. The zero-order valence-corrected chi connectivity index (χ0v) is 21.8. The van der Waals surface area contributed by atoms with Crippen molar-refractivity contribution < 1.29 is 31.3 Å². The van der Waals surface area contributed by atoms with Crippen LogP contribution in [0.4, 0.5) is 4.39 Å². The van der Waals surface area contributed by atoms with Gasteiger partial charge in [0.05, 0.1) is 25.5 Å². The Kier molecular flexibility index (Phi) is 7.90. The van der Waals surface area contributed by atoms with Crippen LogP contribution in [-0.2, 0) is 41.6 Å². The summed E-state index contributed by atoms with van der Waals surface area (Å²) < 4.78 is 55.2. The third-order valence-electron chi connectivity index (χ3n) is 6.96. The van der Waals surface area contributed by atoms with Crippen LogP contribution in [-0.4, -0.2) is 56.9 Å². The number of halogens is 1. The summed E-state index contributed by atoms with van der Waals surface area (Å²) >= 11 is 0. The first-order chi connectivity index (χ1) is 18.3. The quantitative estimate of drug-likeness (QED) is 0.422. The molecule has 3 aromatic rings. The van der Waals surface area contributed by atoms with Crippen LogP contribution in [0.25, 0.3) is 0 Å². The predicted octanol–water partition coefficient (Wildman–Crippen LogP) is 4.02. The summed E-state index contributed by atoms with van der Waals surface area (Å²) in [5.74, 6) is -0.619. The predicted molar refractivity (Wildman–Crippen MR) is 139 cm³/mol. The molecule has 9 heteroatoms. The Morgan fingerprint density at radius 3 is 2.45 bits per heavy atom. The molecule has 7 nitrogen and oxygen atoms in total. The topological polar surface area (TPSA) is 82.1 Å². The van der Waals surface area contributed by atoms with E-state index in [-0.39, 0.29) is 31.4 Å². The van der Waals surface area contributed by atoms with Gasteiger partial charge in [0.1, 0.15) is 24.1 Å².